The van der Waals surface area contributed by atoms with Crippen LogP contribution in [0.25, 0.3) is 0 Å². The van der Waals surface area contributed by atoms with Gasteiger partial charge in [-0.05, 0) is 42.0 Å². The summed E-state index contributed by atoms with van der Waals surface area (Å²) in [6.07, 6.45) is 0. The van der Waals surface area contributed by atoms with Gasteiger partial charge in [0.15, 0.2) is 0 Å². The molecule has 3 rings (SSSR count). The number of nitrogens with one attached hydrogen (secondary N) is 1. The van der Waals surface area contributed by atoms with Crippen molar-refractivity contribution in [2.24, 2.45) is 0 Å². The molecule has 0 radical (unpaired) electrons. The van der Waals surface area contributed by atoms with Crippen molar-refractivity contribution < 1.29 is 14.6 Å². The summed E-state index contributed by atoms with van der Waals surface area (Å²) >= 11 is 0. The highest BCUT2D eigenvalue weighted by molar-refractivity contribution is 5.89. The average Bonchev–Trinajstić information content (AvgIpc) is 2.65. The van der Waals surface area contributed by atoms with Gasteiger partial charge in [0.2, 0.25) is 0 Å². The number of nitrogens with zero attached hydrogens (tertiary/aromatic N) is 2. The number of rotatable bonds is 4. The lowest BCUT2D eigenvalue weighted by molar-refractivity contribution is 0.143. The number of amides is 2. The van der Waals surface area contributed by atoms with Gasteiger partial charge in [0.05, 0.1) is 7.11 Å². The predicted octanol–water partition coefficient (Wildman–Crippen LogP) is 2.75. The number of carbonyl (C=O) groups is 1. The van der Waals surface area contributed by atoms with Crippen molar-refractivity contribution in [3.8, 4) is 11.5 Å². The average molecular weight is 341 g/mol. The van der Waals surface area contributed by atoms with E-state index in [1.807, 2.05) is 17.0 Å². The van der Waals surface area contributed by atoms with Crippen molar-refractivity contribution in [2.45, 2.75) is 6.54 Å². The molecular formula is C19H23N3O3. The lowest BCUT2D eigenvalue weighted by atomic mass is 10.2. The van der Waals surface area contributed by atoms with Gasteiger partial charge in [-0.1, -0.05) is 12.1 Å². The molecule has 1 saturated heterocycles. The van der Waals surface area contributed by atoms with E-state index < -0.39 is 0 Å². The van der Waals surface area contributed by atoms with Crippen LogP contribution in [0.15, 0.2) is 48.5 Å². The number of phenolic OH excluding ortho intramolecular Hbond substituents is 1. The van der Waals surface area contributed by atoms with Crippen LogP contribution in [0.2, 0.25) is 0 Å². The first-order valence-electron chi connectivity index (χ1n) is 8.34. The van der Waals surface area contributed by atoms with Crippen molar-refractivity contribution >= 4 is 11.7 Å². The molecule has 0 atom stereocenters. The van der Waals surface area contributed by atoms with E-state index in [1.54, 1.807) is 31.4 Å². The molecule has 6 nitrogen and oxygen atoms in total. The van der Waals surface area contributed by atoms with Gasteiger partial charge in [-0.3, -0.25) is 4.90 Å². The summed E-state index contributed by atoms with van der Waals surface area (Å²) in [4.78, 5) is 16.5. The minimum atomic E-state index is -0.102. The molecule has 0 aromatic heterocycles. The molecule has 6 heteroatoms. The van der Waals surface area contributed by atoms with Gasteiger partial charge >= 0.3 is 6.03 Å². The molecule has 0 saturated carbocycles. The van der Waals surface area contributed by atoms with Crippen molar-refractivity contribution in [1.29, 1.82) is 0 Å². The van der Waals surface area contributed by atoms with Crippen molar-refractivity contribution in [2.75, 3.05) is 38.6 Å². The lowest BCUT2D eigenvalue weighted by Crippen LogP contribution is -2.49. The Labute approximate surface area is 147 Å². The van der Waals surface area contributed by atoms with Crippen LogP contribution in [0.5, 0.6) is 11.5 Å². The maximum atomic E-state index is 12.3. The van der Waals surface area contributed by atoms with Gasteiger partial charge in [-0.25, -0.2) is 4.79 Å². The molecule has 132 valence electrons. The van der Waals surface area contributed by atoms with Gasteiger partial charge in [0, 0.05) is 38.4 Å². The lowest BCUT2D eigenvalue weighted by Gasteiger charge is -2.34. The smallest absolute Gasteiger partial charge is 0.321 e. The van der Waals surface area contributed by atoms with E-state index in [0.29, 0.717) is 18.8 Å². The van der Waals surface area contributed by atoms with Crippen molar-refractivity contribution in [3.63, 3.8) is 0 Å². The van der Waals surface area contributed by atoms with Crippen LogP contribution >= 0.6 is 0 Å². The van der Waals surface area contributed by atoms with E-state index in [4.69, 9.17) is 4.74 Å². The third-order valence-corrected chi connectivity index (χ3v) is 4.34. The summed E-state index contributed by atoms with van der Waals surface area (Å²) in [6, 6.07) is 14.5. The number of phenols is 1. The van der Waals surface area contributed by atoms with E-state index in [2.05, 4.69) is 22.3 Å². The summed E-state index contributed by atoms with van der Waals surface area (Å²) < 4.78 is 5.18. The normalized spacial score (nSPS) is 15.0. The molecule has 1 aliphatic rings. The zero-order valence-corrected chi connectivity index (χ0v) is 14.3. The van der Waals surface area contributed by atoms with Crippen LogP contribution in [0, 0.1) is 0 Å². The van der Waals surface area contributed by atoms with Gasteiger partial charge in [0.1, 0.15) is 11.5 Å². The molecule has 2 amide bonds. The maximum Gasteiger partial charge on any atom is 0.321 e. The fourth-order valence-electron chi connectivity index (χ4n) is 2.85. The van der Waals surface area contributed by atoms with Crippen LogP contribution in [0.4, 0.5) is 10.5 Å². The molecule has 0 bridgehead atoms. The minimum absolute atomic E-state index is 0.102. The summed E-state index contributed by atoms with van der Waals surface area (Å²) in [5.41, 5.74) is 1.92. The Morgan fingerprint density at radius 1 is 1.04 bits per heavy atom. The summed E-state index contributed by atoms with van der Waals surface area (Å²) in [7, 11) is 1.66. The number of anilines is 1. The Kier molecular flexibility index (Phi) is 5.40. The first-order valence-corrected chi connectivity index (χ1v) is 8.34. The third kappa shape index (κ3) is 4.64. The highest BCUT2D eigenvalue weighted by Gasteiger charge is 2.21. The second-order valence-corrected chi connectivity index (χ2v) is 6.09. The Bertz CT molecular complexity index is 693. The number of carbonyl (C=O) groups excluding carboxylic acids is 1. The summed E-state index contributed by atoms with van der Waals surface area (Å²) in [5.74, 6) is 1.05. The van der Waals surface area contributed by atoms with Crippen LogP contribution < -0.4 is 10.1 Å². The maximum absolute atomic E-state index is 12.3. The second kappa shape index (κ2) is 7.90. The molecule has 1 aliphatic heterocycles. The van der Waals surface area contributed by atoms with Crippen molar-refractivity contribution in [1.82, 2.24) is 9.80 Å². The van der Waals surface area contributed by atoms with Gasteiger partial charge in [0.25, 0.3) is 0 Å². The molecule has 0 aliphatic carbocycles. The van der Waals surface area contributed by atoms with Crippen LogP contribution in [0.1, 0.15) is 5.56 Å². The quantitative estimate of drug-likeness (QED) is 0.840. The standard InChI is InChI=1S/C19H23N3O3/c1-25-18-8-2-15(3-9-18)14-21-10-12-22(13-11-21)19(24)20-16-4-6-17(23)7-5-16/h2-9,23H,10-14H2,1H3,(H,20,24). The highest BCUT2D eigenvalue weighted by atomic mass is 16.5. The van der Waals surface area contributed by atoms with E-state index in [9.17, 15) is 9.90 Å². The molecule has 1 fully saturated rings. The zero-order chi connectivity index (χ0) is 17.6. The fourth-order valence-corrected chi connectivity index (χ4v) is 2.85. The molecule has 2 aromatic carbocycles. The van der Waals surface area contributed by atoms with Gasteiger partial charge in [-0.2, -0.15) is 0 Å². The number of hydrogen-bond acceptors (Lipinski definition) is 4. The first-order chi connectivity index (χ1) is 12.1. The number of methoxy groups -OCH3 is 1. The highest BCUT2D eigenvalue weighted by Crippen LogP contribution is 2.16. The molecule has 0 unspecified atom stereocenters. The number of hydrogen-bond donors (Lipinski definition) is 2. The topological polar surface area (TPSA) is 65.0 Å². The van der Waals surface area contributed by atoms with E-state index in [0.717, 1.165) is 25.4 Å². The van der Waals surface area contributed by atoms with Crippen LogP contribution in [0.3, 0.4) is 0 Å². The largest absolute Gasteiger partial charge is 0.508 e. The number of piperazine rings is 1. The van der Waals surface area contributed by atoms with Gasteiger partial charge in [-0.15, -0.1) is 0 Å². The molecule has 25 heavy (non-hydrogen) atoms. The number of urea groups is 1. The Hall–Kier alpha value is -2.73. The SMILES string of the molecule is COc1ccc(CN2CCN(C(=O)Nc3ccc(O)cc3)CC2)cc1. The second-order valence-electron chi connectivity index (χ2n) is 6.09. The minimum Gasteiger partial charge on any atom is -0.508 e. The number of aromatic hydroxyl groups is 1. The summed E-state index contributed by atoms with van der Waals surface area (Å²) in [6.45, 7) is 3.95. The predicted molar refractivity (Wildman–Crippen MR) is 97.0 cm³/mol. The number of ether oxygens (including phenoxy) is 1. The molecule has 0 spiro atoms. The van der Waals surface area contributed by atoms with Crippen LogP contribution in [-0.4, -0.2) is 54.2 Å². The van der Waals surface area contributed by atoms with Crippen LogP contribution in [-0.2, 0) is 6.54 Å². The Morgan fingerprint density at radius 2 is 1.68 bits per heavy atom. The summed E-state index contributed by atoms with van der Waals surface area (Å²) in [5, 5.41) is 12.1. The number of benzene rings is 2. The van der Waals surface area contributed by atoms with E-state index in [1.165, 1.54) is 5.56 Å². The monoisotopic (exact) mass is 341 g/mol. The molecule has 1 heterocycles. The third-order valence-electron chi connectivity index (χ3n) is 4.34. The van der Waals surface area contributed by atoms with Gasteiger partial charge < -0.3 is 20.1 Å². The Morgan fingerprint density at radius 3 is 2.28 bits per heavy atom. The fraction of sp³-hybridized carbons (Fsp3) is 0.316. The first kappa shape index (κ1) is 17.1. The molecular weight excluding hydrogens is 318 g/mol. The molecule has 2 N–H and O–H groups in total. The Balaban J connectivity index is 1.47. The zero-order valence-electron chi connectivity index (χ0n) is 14.3. The van der Waals surface area contributed by atoms with E-state index in [-0.39, 0.29) is 11.8 Å². The van der Waals surface area contributed by atoms with Crippen molar-refractivity contribution in [3.05, 3.63) is 54.1 Å². The van der Waals surface area contributed by atoms with E-state index >= 15 is 0 Å². The molecule has 2 aromatic rings.